The van der Waals surface area contributed by atoms with E-state index in [0.717, 1.165) is 24.2 Å². The van der Waals surface area contributed by atoms with Gasteiger partial charge < -0.3 is 15.4 Å². The predicted octanol–water partition coefficient (Wildman–Crippen LogP) is 3.70. The van der Waals surface area contributed by atoms with Crippen molar-refractivity contribution in [3.63, 3.8) is 0 Å². The molecule has 6 nitrogen and oxygen atoms in total. The van der Waals surface area contributed by atoms with E-state index < -0.39 is 6.36 Å². The molecule has 1 saturated heterocycles. The van der Waals surface area contributed by atoms with E-state index in [2.05, 4.69) is 25.5 Å². The van der Waals surface area contributed by atoms with Gasteiger partial charge in [-0.2, -0.15) is 4.98 Å². The van der Waals surface area contributed by atoms with Gasteiger partial charge in [0.2, 0.25) is 5.95 Å². The summed E-state index contributed by atoms with van der Waals surface area (Å²) in [5, 5.41) is 11.5. The number of hydrogen-bond acceptors (Lipinski definition) is 5. The van der Waals surface area contributed by atoms with Gasteiger partial charge in [0.05, 0.1) is 0 Å². The number of hydrogen-bond donors (Lipinski definition) is 2. The fourth-order valence-electron chi connectivity index (χ4n) is 4.50. The van der Waals surface area contributed by atoms with Crippen molar-refractivity contribution in [3.8, 4) is 16.9 Å². The predicted molar refractivity (Wildman–Crippen MR) is 102 cm³/mol. The molecule has 5 rings (SSSR count). The second kappa shape index (κ2) is 6.91. The third-order valence-corrected chi connectivity index (χ3v) is 5.79. The van der Waals surface area contributed by atoms with Crippen LogP contribution in [0, 0.1) is 11.8 Å². The number of piperidine rings is 1. The third-order valence-electron chi connectivity index (χ3n) is 5.79. The maximum atomic E-state index is 12.4. The quantitative estimate of drug-likeness (QED) is 0.696. The minimum atomic E-state index is -4.71. The lowest BCUT2D eigenvalue weighted by atomic mass is 9.94. The number of nitrogens with zero attached hydrogens (tertiary/aromatic N) is 3. The van der Waals surface area contributed by atoms with Gasteiger partial charge in [-0.25, -0.2) is 4.52 Å². The van der Waals surface area contributed by atoms with Gasteiger partial charge in [-0.15, -0.1) is 18.3 Å². The highest BCUT2D eigenvalue weighted by molar-refractivity contribution is 5.78. The Labute approximate surface area is 165 Å². The first-order valence-corrected chi connectivity index (χ1v) is 9.65. The molecule has 0 radical (unpaired) electrons. The molecule has 1 unspecified atom stereocenters. The number of aromatic nitrogens is 3. The maximum absolute atomic E-state index is 12.4. The third kappa shape index (κ3) is 3.62. The molecule has 3 atom stereocenters. The van der Waals surface area contributed by atoms with Gasteiger partial charge in [0.15, 0.2) is 5.65 Å². The van der Waals surface area contributed by atoms with Gasteiger partial charge in [-0.05, 0) is 67.6 Å². The zero-order valence-electron chi connectivity index (χ0n) is 15.5. The average molecular weight is 403 g/mol. The van der Waals surface area contributed by atoms with Crippen molar-refractivity contribution in [1.82, 2.24) is 19.9 Å². The zero-order chi connectivity index (χ0) is 20.0. The summed E-state index contributed by atoms with van der Waals surface area (Å²) in [6.07, 6.45) is -0.473. The number of benzene rings is 1. The highest BCUT2D eigenvalue weighted by Crippen LogP contribution is 2.35. The molecule has 1 aliphatic carbocycles. The van der Waals surface area contributed by atoms with Crippen molar-refractivity contribution >= 4 is 11.6 Å². The molecule has 152 valence electrons. The highest BCUT2D eigenvalue weighted by Gasteiger charge is 2.39. The summed E-state index contributed by atoms with van der Waals surface area (Å²) in [5.74, 6) is 1.50. The van der Waals surface area contributed by atoms with Crippen LogP contribution in [0.2, 0.25) is 0 Å². The Morgan fingerprint density at radius 2 is 1.79 bits per heavy atom. The van der Waals surface area contributed by atoms with Crippen molar-refractivity contribution in [2.24, 2.45) is 11.8 Å². The molecule has 2 fully saturated rings. The molecule has 3 aromatic rings. The summed E-state index contributed by atoms with van der Waals surface area (Å²) in [4.78, 5) is 4.67. The lowest BCUT2D eigenvalue weighted by molar-refractivity contribution is -0.274. The Morgan fingerprint density at radius 1 is 1.07 bits per heavy atom. The van der Waals surface area contributed by atoms with Gasteiger partial charge in [0.1, 0.15) is 5.75 Å². The number of alkyl halides is 3. The standard InChI is InChI=1S/C20H20F3N5O/c21-20(22,23)29-15-7-5-12(6-8-15)16-2-1-9-28-18(16)26-19(27-28)25-17-13-3-4-14(17)11-24-10-13/h1-2,5-9,13-14,17,24H,3-4,10-11H2,(H,25,27)/t13-,14+,17?. The lowest BCUT2D eigenvalue weighted by Crippen LogP contribution is -2.45. The maximum Gasteiger partial charge on any atom is 0.573 e. The molecule has 9 heteroatoms. The topological polar surface area (TPSA) is 63.5 Å². The van der Waals surface area contributed by atoms with Crippen LogP contribution in [0.3, 0.4) is 0 Å². The number of anilines is 1. The summed E-state index contributed by atoms with van der Waals surface area (Å²) in [6, 6.07) is 9.87. The number of halogens is 3. The van der Waals surface area contributed by atoms with Gasteiger partial charge in [-0.3, -0.25) is 0 Å². The minimum absolute atomic E-state index is 0.251. The number of nitrogens with one attached hydrogen (secondary N) is 2. The van der Waals surface area contributed by atoms with Crippen LogP contribution in [0.5, 0.6) is 5.75 Å². The van der Waals surface area contributed by atoms with Crippen LogP contribution in [-0.4, -0.2) is 40.1 Å². The van der Waals surface area contributed by atoms with Crippen molar-refractivity contribution in [2.75, 3.05) is 18.4 Å². The van der Waals surface area contributed by atoms with E-state index in [4.69, 9.17) is 0 Å². The van der Waals surface area contributed by atoms with Crippen LogP contribution in [0.1, 0.15) is 12.8 Å². The van der Waals surface area contributed by atoms with Crippen molar-refractivity contribution in [1.29, 1.82) is 0 Å². The number of rotatable bonds is 4. The summed E-state index contributed by atoms with van der Waals surface area (Å²) in [5.41, 5.74) is 2.19. The summed E-state index contributed by atoms with van der Waals surface area (Å²) in [7, 11) is 0. The lowest BCUT2D eigenvalue weighted by Gasteiger charge is -2.30. The Morgan fingerprint density at radius 3 is 2.48 bits per heavy atom. The first-order valence-electron chi connectivity index (χ1n) is 9.65. The highest BCUT2D eigenvalue weighted by atomic mass is 19.4. The fourth-order valence-corrected chi connectivity index (χ4v) is 4.50. The molecule has 1 aromatic carbocycles. The van der Waals surface area contributed by atoms with E-state index in [1.807, 2.05) is 18.3 Å². The van der Waals surface area contributed by atoms with E-state index in [1.165, 1.54) is 25.0 Å². The number of fused-ring (bicyclic) bond motifs is 3. The van der Waals surface area contributed by atoms with Gasteiger partial charge in [0, 0.05) is 17.8 Å². The molecule has 0 spiro atoms. The SMILES string of the molecule is FC(F)(F)Oc1ccc(-c2cccn3nc(NC4[C@@H]5CC[C@H]4CNC5)nc23)cc1. The largest absolute Gasteiger partial charge is 0.573 e. The minimum Gasteiger partial charge on any atom is -0.406 e. The fraction of sp³-hybridized carbons (Fsp3) is 0.400. The smallest absolute Gasteiger partial charge is 0.406 e. The second-order valence-electron chi connectivity index (χ2n) is 7.62. The van der Waals surface area contributed by atoms with Gasteiger partial charge >= 0.3 is 6.36 Å². The first kappa shape index (κ1) is 18.2. The van der Waals surface area contributed by atoms with E-state index >= 15 is 0 Å². The number of pyridine rings is 1. The average Bonchev–Trinajstić information content (AvgIpc) is 3.17. The summed E-state index contributed by atoms with van der Waals surface area (Å²) < 4.78 is 42.8. The normalized spacial score (nSPS) is 24.0. The number of ether oxygens (including phenoxy) is 1. The van der Waals surface area contributed by atoms with Crippen LogP contribution in [-0.2, 0) is 0 Å². The molecule has 2 aromatic heterocycles. The van der Waals surface area contributed by atoms with E-state index in [1.54, 1.807) is 16.6 Å². The Kier molecular flexibility index (Phi) is 4.34. The summed E-state index contributed by atoms with van der Waals surface area (Å²) >= 11 is 0. The zero-order valence-corrected chi connectivity index (χ0v) is 15.5. The molecule has 1 aliphatic heterocycles. The molecule has 2 bridgehead atoms. The first-order chi connectivity index (χ1) is 14.0. The van der Waals surface area contributed by atoms with E-state index in [9.17, 15) is 13.2 Å². The van der Waals surface area contributed by atoms with Crippen LogP contribution >= 0.6 is 0 Å². The van der Waals surface area contributed by atoms with E-state index in [-0.39, 0.29) is 5.75 Å². The van der Waals surface area contributed by atoms with Gasteiger partial charge in [0.25, 0.3) is 0 Å². The van der Waals surface area contributed by atoms with Crippen LogP contribution in [0.15, 0.2) is 42.6 Å². The molecule has 2 N–H and O–H groups in total. The Hall–Kier alpha value is -2.81. The Balaban J connectivity index is 1.42. The van der Waals surface area contributed by atoms with Crippen molar-refractivity contribution < 1.29 is 17.9 Å². The van der Waals surface area contributed by atoms with Crippen molar-refractivity contribution in [2.45, 2.75) is 25.2 Å². The van der Waals surface area contributed by atoms with Gasteiger partial charge in [-0.1, -0.05) is 12.1 Å². The second-order valence-corrected chi connectivity index (χ2v) is 7.62. The molecule has 1 saturated carbocycles. The molecular weight excluding hydrogens is 383 g/mol. The summed E-state index contributed by atoms with van der Waals surface area (Å²) in [6.45, 7) is 2.03. The Bertz CT molecular complexity index is 1000. The van der Waals surface area contributed by atoms with Crippen LogP contribution in [0.25, 0.3) is 16.8 Å². The molecule has 3 heterocycles. The van der Waals surface area contributed by atoms with Crippen LogP contribution < -0.4 is 15.4 Å². The van der Waals surface area contributed by atoms with Crippen molar-refractivity contribution in [3.05, 3.63) is 42.6 Å². The molecule has 0 amide bonds. The molecule has 29 heavy (non-hydrogen) atoms. The van der Waals surface area contributed by atoms with E-state index in [0.29, 0.717) is 29.5 Å². The molecular formula is C20H20F3N5O. The van der Waals surface area contributed by atoms with Crippen LogP contribution in [0.4, 0.5) is 19.1 Å². The monoisotopic (exact) mass is 403 g/mol. The molecule has 2 aliphatic rings.